The summed E-state index contributed by atoms with van der Waals surface area (Å²) in [6, 6.07) is 123. The first-order chi connectivity index (χ1) is 67.0. The molecule has 10 heterocycles. The van der Waals surface area contributed by atoms with Crippen LogP contribution in [-0.4, -0.2) is 44.9 Å². The summed E-state index contributed by atoms with van der Waals surface area (Å²) in [5.41, 5.74) is 13.0. The van der Waals surface area contributed by atoms with Crippen LogP contribution in [0.2, 0.25) is 0 Å². The average Bonchev–Trinajstić information content (AvgIpc) is 1.35. The summed E-state index contributed by atoms with van der Waals surface area (Å²) in [4.78, 5) is 47.4. The molecule has 0 unspecified atom stereocenters. The fourth-order valence-corrected chi connectivity index (χ4v) is 24.7. The van der Waals surface area contributed by atoms with E-state index in [-0.39, 0.29) is 23.3 Å². The summed E-state index contributed by atoms with van der Waals surface area (Å²) in [6.45, 7) is 2.11. The van der Waals surface area contributed by atoms with Gasteiger partial charge in [-0.3, -0.25) is 0 Å². The van der Waals surface area contributed by atoms with Crippen LogP contribution in [0.25, 0.3) is 279 Å². The van der Waals surface area contributed by atoms with E-state index in [2.05, 4.69) is 316 Å². The number of nitrogens with zero attached hydrogens (tertiary/aromatic N) is 9. The van der Waals surface area contributed by atoms with E-state index >= 15 is 0 Å². The Hall–Kier alpha value is -16.1. The van der Waals surface area contributed by atoms with E-state index in [9.17, 15) is 0 Å². The third kappa shape index (κ3) is 11.9. The lowest BCUT2D eigenvalue weighted by Crippen LogP contribution is -1.99. The third-order valence-corrected chi connectivity index (χ3v) is 30.5. The second kappa shape index (κ2) is 30.0. The predicted molar refractivity (Wildman–Crippen MR) is 558 cm³/mol. The van der Waals surface area contributed by atoms with Crippen molar-refractivity contribution in [3.63, 3.8) is 0 Å². The predicted octanol–water partition coefficient (Wildman–Crippen LogP) is 33.2. The van der Waals surface area contributed by atoms with Gasteiger partial charge in [-0.25, -0.2) is 44.9 Å². The molecule has 29 aromatic rings. The first-order valence-electron chi connectivity index (χ1n) is 46.0. The standard InChI is InChI=1S/C43H23N3S2.C38H23N3S.C37H21N3S/c1-3-14-28-26(12-1)37-27-13-2-4-15-29(27)42-38(31-17-7-10-20-35(31)48-42)41(37)45-40(28)43-44-33-18-8-5-16-30(33)39(46-43)24-21-22-36-32(23-24)25-11-6-9-19-34(25)47-36;1-22-18-20-23(21-19-22)34-28-14-6-8-16-30(28)39-38(41-34)35-26-12-4-2-10-24(26)32-25-11-3-5-13-27(25)37-33(36(32)40-35)29-15-7-9-17-31(29)42-37;1-2-12-22(13-3-1)33-27-18-8-10-20-29(27)38-37(40-33)34-25-16-6-4-14-23(25)31-24-15-5-7-17-26(24)36-32(35(31)39-34)28-19-9-11-21-30(28)41-36/h1-23H;2-21H,1H3;1-21H/i;;1D,2D,3D,12D,13D. The van der Waals surface area contributed by atoms with E-state index in [0.29, 0.717) is 34.1 Å². The zero-order chi connectivity index (χ0) is 90.4. The summed E-state index contributed by atoms with van der Waals surface area (Å²) < 4.78 is 52.3. The van der Waals surface area contributed by atoms with Gasteiger partial charge < -0.3 is 0 Å². The van der Waals surface area contributed by atoms with E-state index in [4.69, 9.17) is 51.7 Å². The van der Waals surface area contributed by atoms with E-state index in [1.165, 1.54) is 114 Å². The number of hydrogen-bond acceptors (Lipinski definition) is 13. The van der Waals surface area contributed by atoms with Gasteiger partial charge in [0, 0.05) is 162 Å². The molecular weight excluding hydrogens is 1670 g/mol. The first-order valence-corrected chi connectivity index (χ1v) is 46.7. The highest BCUT2D eigenvalue weighted by Crippen LogP contribution is 2.52. The van der Waals surface area contributed by atoms with Gasteiger partial charge in [-0.1, -0.05) is 339 Å². The van der Waals surface area contributed by atoms with Crippen molar-refractivity contribution >= 4 is 256 Å². The fourth-order valence-electron chi connectivity index (χ4n) is 19.9. The van der Waals surface area contributed by atoms with Crippen LogP contribution in [0.5, 0.6) is 0 Å². The smallest absolute Gasteiger partial charge is 0.179 e. The zero-order valence-electron chi connectivity index (χ0n) is 74.7. The van der Waals surface area contributed by atoms with Crippen LogP contribution in [0.1, 0.15) is 12.4 Å². The van der Waals surface area contributed by atoms with Crippen molar-refractivity contribution < 1.29 is 6.85 Å². The molecular formula is C118H67N9S4. The summed E-state index contributed by atoms with van der Waals surface area (Å²) in [6.07, 6.45) is 0. The number of aryl methyl sites for hydroxylation is 1. The van der Waals surface area contributed by atoms with Crippen molar-refractivity contribution in [2.24, 2.45) is 0 Å². The van der Waals surface area contributed by atoms with Gasteiger partial charge in [0.05, 0.1) is 57.0 Å². The van der Waals surface area contributed by atoms with Crippen LogP contribution in [-0.2, 0) is 0 Å². The molecule has 0 atom stereocenters. The number of fused-ring (bicyclic) bond motifs is 36. The summed E-state index contributed by atoms with van der Waals surface area (Å²) in [5, 5.41) is 29.3. The van der Waals surface area contributed by atoms with E-state index < -0.39 is 18.1 Å². The minimum Gasteiger partial charge on any atom is -0.243 e. The molecule has 10 aromatic heterocycles. The van der Waals surface area contributed by atoms with Crippen molar-refractivity contribution in [3.8, 4) is 68.3 Å². The Balaban J connectivity index is 0.000000104. The second-order valence-electron chi connectivity index (χ2n) is 33.1. The van der Waals surface area contributed by atoms with Crippen molar-refractivity contribution in [1.82, 2.24) is 44.9 Å². The number of aromatic nitrogens is 9. The molecule has 0 amide bonds. The highest BCUT2D eigenvalue weighted by Gasteiger charge is 2.28. The lowest BCUT2D eigenvalue weighted by atomic mass is 9.95. The first kappa shape index (κ1) is 70.0. The molecule has 13 heteroatoms. The van der Waals surface area contributed by atoms with Crippen LogP contribution in [0.4, 0.5) is 0 Å². The summed E-state index contributed by atoms with van der Waals surface area (Å²) >= 11 is 7.28. The molecule has 0 radical (unpaired) electrons. The Labute approximate surface area is 770 Å². The highest BCUT2D eigenvalue weighted by molar-refractivity contribution is 7.28. The highest BCUT2D eigenvalue weighted by atomic mass is 32.1. The minimum atomic E-state index is -0.446. The molecule has 29 rings (SSSR count). The molecule has 0 bridgehead atoms. The molecule has 19 aromatic carbocycles. The van der Waals surface area contributed by atoms with Crippen LogP contribution >= 0.6 is 45.3 Å². The Kier molecular flexibility index (Phi) is 16.0. The van der Waals surface area contributed by atoms with Crippen LogP contribution < -0.4 is 0 Å². The largest absolute Gasteiger partial charge is 0.243 e. The average molecular weight is 1740 g/mol. The number of hydrogen-bond donors (Lipinski definition) is 0. The van der Waals surface area contributed by atoms with Gasteiger partial charge in [-0.15, -0.1) is 45.3 Å². The third-order valence-electron chi connectivity index (χ3n) is 25.7. The van der Waals surface area contributed by atoms with E-state index in [1.54, 1.807) is 11.3 Å². The van der Waals surface area contributed by atoms with Gasteiger partial charge in [-0.05, 0) is 93.8 Å². The fraction of sp³-hybridized carbons (Fsp3) is 0.00847. The topological polar surface area (TPSA) is 116 Å². The molecule has 131 heavy (non-hydrogen) atoms. The maximum absolute atomic E-state index is 8.74. The quantitative estimate of drug-likeness (QED) is 0.150. The monoisotopic (exact) mass is 1740 g/mol. The molecule has 0 aliphatic carbocycles. The maximum Gasteiger partial charge on any atom is 0.179 e. The summed E-state index contributed by atoms with van der Waals surface area (Å²) in [7, 11) is 0. The number of rotatable bonds is 6. The van der Waals surface area contributed by atoms with Crippen LogP contribution in [0, 0.1) is 6.92 Å². The number of benzene rings is 19. The van der Waals surface area contributed by atoms with Crippen molar-refractivity contribution in [2.45, 2.75) is 6.92 Å². The Morgan fingerprint density at radius 3 is 0.840 bits per heavy atom. The van der Waals surface area contributed by atoms with Gasteiger partial charge in [0.25, 0.3) is 0 Å². The molecule has 0 N–H and O–H groups in total. The summed E-state index contributed by atoms with van der Waals surface area (Å²) in [5.74, 6) is 1.60. The molecule has 608 valence electrons. The van der Waals surface area contributed by atoms with Crippen molar-refractivity contribution in [1.29, 1.82) is 0 Å². The second-order valence-corrected chi connectivity index (χ2v) is 37.4. The van der Waals surface area contributed by atoms with Crippen LogP contribution in [0.3, 0.4) is 0 Å². The molecule has 0 spiro atoms. The Bertz CT molecular complexity index is 10300. The van der Waals surface area contributed by atoms with Gasteiger partial charge in [0.15, 0.2) is 17.5 Å². The molecule has 0 aliphatic rings. The minimum absolute atomic E-state index is 0.0353. The van der Waals surface area contributed by atoms with E-state index in [0.717, 1.165) is 125 Å². The van der Waals surface area contributed by atoms with Gasteiger partial charge in [0.1, 0.15) is 17.1 Å². The molecule has 0 saturated carbocycles. The maximum atomic E-state index is 8.74. The Morgan fingerprint density at radius 1 is 0.191 bits per heavy atom. The molecule has 0 fully saturated rings. The van der Waals surface area contributed by atoms with Gasteiger partial charge in [-0.2, -0.15) is 0 Å². The molecule has 0 saturated heterocycles. The SMILES string of the molecule is Cc1ccc(-c2nc(-c3nc4c(c5ccccc35)c3ccccc3c3sc5ccccc5c43)nc3ccccc23)cc1.[2H]c1c([2H])c([2H])c(-c2nc(-c3nc4c(c5ccccc35)c3ccccc3c3sc5ccccc5c43)nc3ccccc23)c([2H])c1[2H].c1ccc2c(-c3ccc4sc5ccccc5c4c3)nc(-c3nc4c(c5ccccc35)c3ccccc3c3sc5ccccc5c43)nc2c1. The van der Waals surface area contributed by atoms with Gasteiger partial charge in [0.2, 0.25) is 0 Å². The lowest BCUT2D eigenvalue weighted by molar-refractivity contribution is 1.20. The van der Waals surface area contributed by atoms with Gasteiger partial charge >= 0.3 is 0 Å². The van der Waals surface area contributed by atoms with Crippen LogP contribution in [0.15, 0.2) is 388 Å². The van der Waals surface area contributed by atoms with Crippen molar-refractivity contribution in [2.75, 3.05) is 0 Å². The molecule has 0 aliphatic heterocycles. The van der Waals surface area contributed by atoms with Crippen molar-refractivity contribution in [3.05, 3.63) is 394 Å². The number of pyridine rings is 3. The zero-order valence-corrected chi connectivity index (χ0v) is 73.0. The number of para-hydroxylation sites is 3. The Morgan fingerprint density at radius 2 is 0.466 bits per heavy atom. The molecule has 9 nitrogen and oxygen atoms in total. The lowest BCUT2D eigenvalue weighted by Gasteiger charge is -2.14. The van der Waals surface area contributed by atoms with E-state index in [1.807, 2.05) is 82.5 Å². The number of thiophene rings is 4. The normalized spacial score (nSPS) is 12.5.